The van der Waals surface area contributed by atoms with E-state index < -0.39 is 13.2 Å². The fraction of sp³-hybridized carbons (Fsp3) is 0.733. The number of hydrogen-bond donors (Lipinski definition) is 1. The van der Waals surface area contributed by atoms with Gasteiger partial charge in [-0.3, -0.25) is 4.79 Å². The standard InChI is InChI=1S/C15H26N2O2.BF4/c1-16-12-13-17(14-16)11-9-7-5-3-2-4-6-8-10-15(18)19;2-1(3,4)5/h12-14H,2-11H2,1H3;/q;-1/p+1. The van der Waals surface area contributed by atoms with E-state index >= 15 is 0 Å². The summed E-state index contributed by atoms with van der Waals surface area (Å²) in [7, 11) is -3.96. The topological polar surface area (TPSA) is 46.1 Å². The van der Waals surface area contributed by atoms with Gasteiger partial charge in [0.15, 0.2) is 0 Å². The Balaban J connectivity index is 0.000000922. The zero-order valence-corrected chi connectivity index (χ0v) is 14.1. The van der Waals surface area contributed by atoms with Gasteiger partial charge in [0, 0.05) is 6.42 Å². The fourth-order valence-corrected chi connectivity index (χ4v) is 2.27. The highest BCUT2D eigenvalue weighted by atomic mass is 19.5. The van der Waals surface area contributed by atoms with Gasteiger partial charge in [-0.2, -0.15) is 0 Å². The first-order valence-corrected chi connectivity index (χ1v) is 8.28. The van der Waals surface area contributed by atoms with Crippen molar-refractivity contribution in [3.05, 3.63) is 18.7 Å². The largest absolute Gasteiger partial charge is 0.673 e. The van der Waals surface area contributed by atoms with Crippen molar-refractivity contribution in [1.29, 1.82) is 0 Å². The monoisotopic (exact) mass is 354 g/mol. The van der Waals surface area contributed by atoms with Gasteiger partial charge in [-0.15, -0.1) is 0 Å². The zero-order valence-electron chi connectivity index (χ0n) is 14.1. The lowest BCUT2D eigenvalue weighted by atomic mass is 10.1. The van der Waals surface area contributed by atoms with E-state index in [4.69, 9.17) is 5.11 Å². The lowest BCUT2D eigenvalue weighted by molar-refractivity contribution is -0.671. The molecule has 0 amide bonds. The molecule has 0 bridgehead atoms. The van der Waals surface area contributed by atoms with Crippen LogP contribution in [0.15, 0.2) is 18.7 Å². The van der Waals surface area contributed by atoms with E-state index in [2.05, 4.69) is 27.9 Å². The van der Waals surface area contributed by atoms with Gasteiger partial charge in [0.05, 0.1) is 13.6 Å². The zero-order chi connectivity index (χ0) is 18.4. The molecule has 9 heteroatoms. The van der Waals surface area contributed by atoms with Crippen LogP contribution in [-0.2, 0) is 18.4 Å². The van der Waals surface area contributed by atoms with Gasteiger partial charge in [-0.25, -0.2) is 9.13 Å². The summed E-state index contributed by atoms with van der Waals surface area (Å²) in [6.07, 6.45) is 16.1. The van der Waals surface area contributed by atoms with E-state index in [0.29, 0.717) is 6.42 Å². The van der Waals surface area contributed by atoms with Gasteiger partial charge in [0.2, 0.25) is 6.33 Å². The van der Waals surface area contributed by atoms with Crippen molar-refractivity contribution in [2.75, 3.05) is 0 Å². The van der Waals surface area contributed by atoms with Gasteiger partial charge in [0.1, 0.15) is 12.4 Å². The summed E-state index contributed by atoms with van der Waals surface area (Å²) in [6.45, 7) is 1.11. The van der Waals surface area contributed by atoms with Crippen LogP contribution in [0.1, 0.15) is 57.8 Å². The van der Waals surface area contributed by atoms with Crippen LogP contribution in [0.4, 0.5) is 17.3 Å². The molecule has 1 aromatic rings. The van der Waals surface area contributed by atoms with Crippen LogP contribution in [0.5, 0.6) is 0 Å². The van der Waals surface area contributed by atoms with Gasteiger partial charge < -0.3 is 22.4 Å². The van der Waals surface area contributed by atoms with Crippen LogP contribution >= 0.6 is 0 Å². The number of imidazole rings is 1. The Bertz CT molecular complexity index is 447. The maximum Gasteiger partial charge on any atom is 0.673 e. The third kappa shape index (κ3) is 18.5. The molecule has 0 aliphatic carbocycles. The number of carboxylic acid groups (broad SMARTS) is 1. The van der Waals surface area contributed by atoms with E-state index in [9.17, 15) is 22.1 Å². The van der Waals surface area contributed by atoms with Gasteiger partial charge >= 0.3 is 13.2 Å². The minimum Gasteiger partial charge on any atom is -0.481 e. The Morgan fingerprint density at radius 3 is 1.88 bits per heavy atom. The number of hydrogen-bond acceptors (Lipinski definition) is 1. The molecule has 0 unspecified atom stereocenters. The number of aromatic nitrogens is 2. The molecule has 0 aliphatic rings. The van der Waals surface area contributed by atoms with Crippen LogP contribution in [-0.4, -0.2) is 22.9 Å². The second-order valence-electron chi connectivity index (χ2n) is 5.78. The first-order chi connectivity index (χ1) is 11.2. The van der Waals surface area contributed by atoms with Crippen molar-refractivity contribution in [2.24, 2.45) is 7.05 Å². The third-order valence-corrected chi connectivity index (χ3v) is 3.38. The molecule has 0 aromatic carbocycles. The number of rotatable bonds is 11. The van der Waals surface area contributed by atoms with Crippen molar-refractivity contribution >= 4 is 13.2 Å². The summed E-state index contributed by atoms with van der Waals surface area (Å²) in [6, 6.07) is 0. The molecular formula is C15H27BF4N2O2. The Morgan fingerprint density at radius 2 is 1.46 bits per heavy atom. The molecule has 24 heavy (non-hydrogen) atoms. The van der Waals surface area contributed by atoms with Crippen molar-refractivity contribution in [3.8, 4) is 0 Å². The van der Waals surface area contributed by atoms with Crippen molar-refractivity contribution < 1.29 is 31.7 Å². The number of halogens is 4. The summed E-state index contributed by atoms with van der Waals surface area (Å²) in [5.74, 6) is -0.668. The van der Waals surface area contributed by atoms with E-state index in [-0.39, 0.29) is 0 Å². The molecule has 4 nitrogen and oxygen atoms in total. The van der Waals surface area contributed by atoms with E-state index in [1.807, 2.05) is 7.05 Å². The van der Waals surface area contributed by atoms with E-state index in [0.717, 1.165) is 19.4 Å². The second-order valence-corrected chi connectivity index (χ2v) is 5.78. The molecule has 0 spiro atoms. The lowest BCUT2D eigenvalue weighted by Crippen LogP contribution is -2.23. The Hall–Kier alpha value is -1.54. The number of carboxylic acids is 1. The lowest BCUT2D eigenvalue weighted by Gasteiger charge is -2.01. The van der Waals surface area contributed by atoms with Crippen LogP contribution < -0.4 is 4.57 Å². The predicted octanol–water partition coefficient (Wildman–Crippen LogP) is 4.21. The Kier molecular flexibility index (Phi) is 12.0. The maximum absolute atomic E-state index is 10.3. The molecule has 0 fully saturated rings. The highest BCUT2D eigenvalue weighted by Crippen LogP contribution is 2.10. The van der Waals surface area contributed by atoms with Crippen LogP contribution in [0.2, 0.25) is 0 Å². The number of aliphatic carboxylic acids is 1. The summed E-state index contributed by atoms with van der Waals surface area (Å²) in [4.78, 5) is 10.3. The van der Waals surface area contributed by atoms with E-state index in [1.54, 1.807) is 0 Å². The van der Waals surface area contributed by atoms with Crippen LogP contribution in [0.25, 0.3) is 0 Å². The first kappa shape index (κ1) is 22.5. The predicted molar refractivity (Wildman–Crippen MR) is 85.0 cm³/mol. The Labute approximate surface area is 140 Å². The number of carbonyl (C=O) groups is 1. The van der Waals surface area contributed by atoms with Crippen molar-refractivity contribution in [3.63, 3.8) is 0 Å². The summed E-state index contributed by atoms with van der Waals surface area (Å²) in [5.41, 5.74) is 0. The quantitative estimate of drug-likeness (QED) is 0.280. The van der Waals surface area contributed by atoms with Crippen molar-refractivity contribution in [1.82, 2.24) is 4.57 Å². The third-order valence-electron chi connectivity index (χ3n) is 3.38. The average molecular weight is 354 g/mol. The van der Waals surface area contributed by atoms with Gasteiger partial charge in [0.25, 0.3) is 0 Å². The average Bonchev–Trinajstić information content (AvgIpc) is 2.84. The molecule has 1 aromatic heterocycles. The fourth-order valence-electron chi connectivity index (χ4n) is 2.27. The summed E-state index contributed by atoms with van der Waals surface area (Å²) >= 11 is 0. The van der Waals surface area contributed by atoms with Crippen LogP contribution in [0.3, 0.4) is 0 Å². The first-order valence-electron chi connectivity index (χ1n) is 8.28. The molecule has 1 N–H and O–H groups in total. The molecule has 0 aliphatic heterocycles. The Morgan fingerprint density at radius 1 is 1.00 bits per heavy atom. The molecule has 0 saturated heterocycles. The van der Waals surface area contributed by atoms with Crippen LogP contribution in [0, 0.1) is 0 Å². The molecule has 0 atom stereocenters. The second kappa shape index (κ2) is 12.8. The highest BCUT2D eigenvalue weighted by Gasteiger charge is 2.20. The molecule has 1 heterocycles. The SMILES string of the molecule is C[n+]1ccn(CCCCCCCCCCC(=O)O)c1.F[B-](F)(F)F. The number of aryl methyl sites for hydroxylation is 2. The smallest absolute Gasteiger partial charge is 0.481 e. The van der Waals surface area contributed by atoms with Gasteiger partial charge in [-0.05, 0) is 19.3 Å². The molecule has 0 radical (unpaired) electrons. The minimum atomic E-state index is -6.00. The van der Waals surface area contributed by atoms with Crippen molar-refractivity contribution in [2.45, 2.75) is 64.3 Å². The normalized spacial score (nSPS) is 11.0. The molecular weight excluding hydrogens is 327 g/mol. The minimum absolute atomic E-state index is 0.328. The van der Waals surface area contributed by atoms with Gasteiger partial charge in [-0.1, -0.05) is 32.1 Å². The highest BCUT2D eigenvalue weighted by molar-refractivity contribution is 6.50. The number of nitrogens with zero attached hydrogens (tertiary/aromatic N) is 2. The van der Waals surface area contributed by atoms with E-state index in [1.165, 1.54) is 38.5 Å². The summed E-state index contributed by atoms with van der Waals surface area (Å²) < 4.78 is 43.3. The summed E-state index contributed by atoms with van der Waals surface area (Å²) in [5, 5.41) is 8.51. The molecule has 0 saturated carbocycles. The number of unbranched alkanes of at least 4 members (excludes halogenated alkanes) is 7. The molecule has 1 rings (SSSR count). The molecule has 140 valence electrons. The maximum atomic E-state index is 10.3.